The van der Waals surface area contributed by atoms with Gasteiger partial charge >= 0.3 is 0 Å². The van der Waals surface area contributed by atoms with Crippen LogP contribution in [-0.4, -0.2) is 49.4 Å². The molecule has 20 heavy (non-hydrogen) atoms. The van der Waals surface area contributed by atoms with Crippen LogP contribution in [0.4, 0.5) is 0 Å². The Hall–Kier alpha value is -0.260. The molecule has 6 heteroatoms. The second-order valence-electron chi connectivity index (χ2n) is 5.35. The average Bonchev–Trinajstić information content (AvgIpc) is 2.89. The van der Waals surface area contributed by atoms with Crippen molar-refractivity contribution < 1.29 is 4.74 Å². The van der Waals surface area contributed by atoms with E-state index in [1.807, 2.05) is 0 Å². The second-order valence-corrected chi connectivity index (χ2v) is 5.35. The normalized spacial score (nSPS) is 20.9. The van der Waals surface area contributed by atoms with Crippen LogP contribution in [0.25, 0.3) is 0 Å². The molecular formula is C14H25Cl2N3O. The zero-order valence-corrected chi connectivity index (χ0v) is 13.6. The zero-order chi connectivity index (χ0) is 12.4. The lowest BCUT2D eigenvalue weighted by atomic mass is 9.82. The fraction of sp³-hybridized carbons (Fsp3) is 0.714. The van der Waals surface area contributed by atoms with E-state index in [2.05, 4.69) is 33.1 Å². The van der Waals surface area contributed by atoms with Gasteiger partial charge in [0.15, 0.2) is 0 Å². The first-order valence-electron chi connectivity index (χ1n) is 6.97. The number of nitrogens with one attached hydrogen (secondary N) is 1. The van der Waals surface area contributed by atoms with Crippen molar-refractivity contribution in [3.8, 4) is 0 Å². The maximum atomic E-state index is 5.28. The number of ether oxygens (including phenoxy) is 1. The van der Waals surface area contributed by atoms with Gasteiger partial charge in [-0.1, -0.05) is 0 Å². The number of rotatable bonds is 3. The smallest absolute Gasteiger partial charge is 0.0639 e. The maximum absolute atomic E-state index is 5.28. The highest BCUT2D eigenvalue weighted by Gasteiger charge is 2.43. The fourth-order valence-electron chi connectivity index (χ4n) is 3.58. The SMILES string of the molecule is COCCN1CCn2cccc2C12CCNCC2.Cl.Cl. The monoisotopic (exact) mass is 321 g/mol. The van der Waals surface area contributed by atoms with E-state index in [1.165, 1.54) is 18.5 Å². The van der Waals surface area contributed by atoms with Crippen LogP contribution in [0.1, 0.15) is 18.5 Å². The highest BCUT2D eigenvalue weighted by molar-refractivity contribution is 5.85. The first-order valence-corrected chi connectivity index (χ1v) is 6.97. The summed E-state index contributed by atoms with van der Waals surface area (Å²) in [5.41, 5.74) is 1.75. The summed E-state index contributed by atoms with van der Waals surface area (Å²) >= 11 is 0. The van der Waals surface area contributed by atoms with Gasteiger partial charge in [-0.05, 0) is 38.1 Å². The van der Waals surface area contributed by atoms with Crippen molar-refractivity contribution in [2.24, 2.45) is 0 Å². The first-order chi connectivity index (χ1) is 8.87. The molecule has 1 N–H and O–H groups in total. The van der Waals surface area contributed by atoms with Gasteiger partial charge in [-0.2, -0.15) is 0 Å². The Morgan fingerprint density at radius 1 is 1.25 bits per heavy atom. The van der Waals surface area contributed by atoms with Gasteiger partial charge in [-0.15, -0.1) is 24.8 Å². The summed E-state index contributed by atoms with van der Waals surface area (Å²) in [6.45, 7) is 6.37. The van der Waals surface area contributed by atoms with E-state index >= 15 is 0 Å². The molecule has 0 radical (unpaired) electrons. The number of fused-ring (bicyclic) bond motifs is 2. The third-order valence-electron chi connectivity index (χ3n) is 4.52. The van der Waals surface area contributed by atoms with Crippen LogP contribution < -0.4 is 5.32 Å². The quantitative estimate of drug-likeness (QED) is 0.921. The third kappa shape index (κ3) is 3.00. The number of piperidine rings is 1. The average molecular weight is 322 g/mol. The third-order valence-corrected chi connectivity index (χ3v) is 4.52. The van der Waals surface area contributed by atoms with E-state index in [4.69, 9.17) is 4.74 Å². The van der Waals surface area contributed by atoms with E-state index in [0.717, 1.165) is 39.3 Å². The van der Waals surface area contributed by atoms with Crippen molar-refractivity contribution >= 4 is 24.8 Å². The van der Waals surface area contributed by atoms with Crippen LogP contribution in [0.5, 0.6) is 0 Å². The number of nitrogens with zero attached hydrogens (tertiary/aromatic N) is 2. The molecule has 2 aliphatic heterocycles. The van der Waals surface area contributed by atoms with Gasteiger partial charge in [0.2, 0.25) is 0 Å². The van der Waals surface area contributed by atoms with Crippen molar-refractivity contribution in [2.45, 2.75) is 24.9 Å². The highest BCUT2D eigenvalue weighted by atomic mass is 35.5. The molecule has 4 nitrogen and oxygen atoms in total. The Morgan fingerprint density at radius 2 is 2.00 bits per heavy atom. The number of hydrogen-bond donors (Lipinski definition) is 1. The van der Waals surface area contributed by atoms with E-state index in [1.54, 1.807) is 7.11 Å². The maximum Gasteiger partial charge on any atom is 0.0639 e. The van der Waals surface area contributed by atoms with Crippen LogP contribution >= 0.6 is 24.8 Å². The zero-order valence-electron chi connectivity index (χ0n) is 12.0. The molecule has 0 atom stereocenters. The summed E-state index contributed by atoms with van der Waals surface area (Å²) in [5, 5.41) is 3.49. The number of halogens is 2. The predicted octanol–water partition coefficient (Wildman–Crippen LogP) is 1.87. The molecule has 0 amide bonds. The topological polar surface area (TPSA) is 29.4 Å². The van der Waals surface area contributed by atoms with Crippen LogP contribution in [0.3, 0.4) is 0 Å². The minimum Gasteiger partial charge on any atom is -0.383 e. The molecule has 1 aromatic heterocycles. The minimum atomic E-state index is 0. The Kier molecular flexibility index (Phi) is 6.82. The van der Waals surface area contributed by atoms with E-state index in [-0.39, 0.29) is 30.4 Å². The van der Waals surface area contributed by atoms with Gasteiger partial charge < -0.3 is 14.6 Å². The molecular weight excluding hydrogens is 297 g/mol. The van der Waals surface area contributed by atoms with Crippen molar-refractivity contribution in [1.29, 1.82) is 0 Å². The molecule has 0 saturated carbocycles. The van der Waals surface area contributed by atoms with Crippen LogP contribution in [0.15, 0.2) is 18.3 Å². The van der Waals surface area contributed by atoms with Gasteiger partial charge in [0.25, 0.3) is 0 Å². The molecule has 1 aromatic rings. The summed E-state index contributed by atoms with van der Waals surface area (Å²) in [6.07, 6.45) is 4.65. The lowest BCUT2D eigenvalue weighted by Gasteiger charge is -2.50. The second kappa shape index (κ2) is 7.66. The van der Waals surface area contributed by atoms with Gasteiger partial charge in [-0.25, -0.2) is 0 Å². The molecule has 3 heterocycles. The van der Waals surface area contributed by atoms with E-state index in [0.29, 0.717) is 0 Å². The standard InChI is InChI=1S/C14H23N3O.2ClH/c1-18-12-11-17-10-9-16-8-2-3-13(16)14(17)4-6-15-7-5-14;;/h2-3,8,15H,4-7,9-12H2,1H3;2*1H. The fourth-order valence-corrected chi connectivity index (χ4v) is 3.58. The van der Waals surface area contributed by atoms with Crippen molar-refractivity contribution in [1.82, 2.24) is 14.8 Å². The molecule has 1 spiro atoms. The minimum absolute atomic E-state index is 0. The molecule has 1 saturated heterocycles. The Labute approximate surface area is 133 Å². The Morgan fingerprint density at radius 3 is 2.70 bits per heavy atom. The van der Waals surface area contributed by atoms with E-state index in [9.17, 15) is 0 Å². The van der Waals surface area contributed by atoms with Crippen LogP contribution in [-0.2, 0) is 16.8 Å². The molecule has 116 valence electrons. The van der Waals surface area contributed by atoms with E-state index < -0.39 is 0 Å². The van der Waals surface area contributed by atoms with Gasteiger partial charge in [-0.3, -0.25) is 4.90 Å². The van der Waals surface area contributed by atoms with Gasteiger partial charge in [0.05, 0.1) is 12.1 Å². The predicted molar refractivity (Wildman–Crippen MR) is 86.2 cm³/mol. The number of methoxy groups -OCH3 is 1. The lowest BCUT2D eigenvalue weighted by Crippen LogP contribution is -2.57. The van der Waals surface area contributed by atoms with Crippen molar-refractivity contribution in [2.75, 3.05) is 39.9 Å². The summed E-state index contributed by atoms with van der Waals surface area (Å²) in [4.78, 5) is 2.65. The molecule has 0 unspecified atom stereocenters. The Balaban J connectivity index is 0.000001000. The summed E-state index contributed by atoms with van der Waals surface area (Å²) in [6, 6.07) is 4.50. The molecule has 0 aromatic carbocycles. The summed E-state index contributed by atoms with van der Waals surface area (Å²) < 4.78 is 7.72. The van der Waals surface area contributed by atoms with Gasteiger partial charge in [0.1, 0.15) is 0 Å². The summed E-state index contributed by atoms with van der Waals surface area (Å²) in [7, 11) is 1.79. The Bertz CT molecular complexity index is 405. The molecule has 3 rings (SSSR count). The molecule has 2 aliphatic rings. The van der Waals surface area contributed by atoms with Gasteiger partial charge in [0, 0.05) is 38.6 Å². The molecule has 0 aliphatic carbocycles. The molecule has 0 bridgehead atoms. The largest absolute Gasteiger partial charge is 0.383 e. The number of aromatic nitrogens is 1. The molecule has 1 fully saturated rings. The highest BCUT2D eigenvalue weighted by Crippen LogP contribution is 2.39. The lowest BCUT2D eigenvalue weighted by molar-refractivity contribution is 0.00556. The van der Waals surface area contributed by atoms with Crippen LogP contribution in [0, 0.1) is 0 Å². The first kappa shape index (κ1) is 17.8. The van der Waals surface area contributed by atoms with Crippen molar-refractivity contribution in [3.63, 3.8) is 0 Å². The number of hydrogen-bond acceptors (Lipinski definition) is 3. The summed E-state index contributed by atoms with van der Waals surface area (Å²) in [5.74, 6) is 0. The van der Waals surface area contributed by atoms with Crippen molar-refractivity contribution in [3.05, 3.63) is 24.0 Å². The van der Waals surface area contributed by atoms with Crippen LogP contribution in [0.2, 0.25) is 0 Å².